The summed E-state index contributed by atoms with van der Waals surface area (Å²) in [6, 6.07) is 0. The van der Waals surface area contributed by atoms with Gasteiger partial charge in [-0.1, -0.05) is 0 Å². The standard InChI is InChI=1S/C6H9BrN2S/c1-4-5(7)9(2)8-6(4)10-3/h1-3H3. The zero-order valence-corrected chi connectivity index (χ0v) is 8.58. The molecule has 10 heavy (non-hydrogen) atoms. The molecule has 1 heterocycles. The van der Waals surface area contributed by atoms with Gasteiger partial charge in [-0.25, -0.2) is 0 Å². The summed E-state index contributed by atoms with van der Waals surface area (Å²) in [6.07, 6.45) is 2.03. The number of aryl methyl sites for hydroxylation is 1. The van der Waals surface area contributed by atoms with Crippen molar-refractivity contribution in [3.05, 3.63) is 10.2 Å². The fourth-order valence-corrected chi connectivity index (χ4v) is 1.79. The van der Waals surface area contributed by atoms with Gasteiger partial charge in [0.05, 0.1) is 0 Å². The molecular formula is C6H9BrN2S. The maximum Gasteiger partial charge on any atom is 0.122 e. The molecule has 1 aromatic heterocycles. The summed E-state index contributed by atoms with van der Waals surface area (Å²) >= 11 is 5.10. The van der Waals surface area contributed by atoms with Crippen molar-refractivity contribution >= 4 is 27.7 Å². The Balaban J connectivity index is 3.17. The van der Waals surface area contributed by atoms with Gasteiger partial charge in [-0.15, -0.1) is 11.8 Å². The molecule has 56 valence electrons. The van der Waals surface area contributed by atoms with Gasteiger partial charge in [0.1, 0.15) is 9.63 Å². The fourth-order valence-electron chi connectivity index (χ4n) is 0.780. The average Bonchev–Trinajstić information content (AvgIpc) is 2.17. The molecule has 0 N–H and O–H groups in total. The number of rotatable bonds is 1. The van der Waals surface area contributed by atoms with Crippen molar-refractivity contribution in [2.45, 2.75) is 11.9 Å². The molecule has 0 amide bonds. The molecule has 0 spiro atoms. The molecule has 0 aliphatic carbocycles. The van der Waals surface area contributed by atoms with Crippen molar-refractivity contribution in [1.82, 2.24) is 9.78 Å². The second-order valence-corrected chi connectivity index (χ2v) is 3.59. The summed E-state index contributed by atoms with van der Waals surface area (Å²) in [5, 5.41) is 5.35. The van der Waals surface area contributed by atoms with Gasteiger partial charge in [0.2, 0.25) is 0 Å². The summed E-state index contributed by atoms with van der Waals surface area (Å²) in [6.45, 7) is 2.06. The van der Waals surface area contributed by atoms with Crippen LogP contribution in [0, 0.1) is 6.92 Å². The number of hydrogen-bond donors (Lipinski definition) is 0. The third-order valence-corrected chi connectivity index (χ3v) is 3.23. The molecule has 0 saturated carbocycles. The number of halogens is 1. The largest absolute Gasteiger partial charge is 0.260 e. The van der Waals surface area contributed by atoms with E-state index in [0.717, 1.165) is 9.63 Å². The first-order chi connectivity index (χ1) is 4.66. The molecule has 1 rings (SSSR count). The molecule has 0 atom stereocenters. The third-order valence-electron chi connectivity index (χ3n) is 1.35. The van der Waals surface area contributed by atoms with Crippen LogP contribution in [0.2, 0.25) is 0 Å². The van der Waals surface area contributed by atoms with E-state index in [2.05, 4.69) is 28.0 Å². The molecular weight excluding hydrogens is 212 g/mol. The van der Waals surface area contributed by atoms with Gasteiger partial charge < -0.3 is 0 Å². The Labute approximate surface area is 73.1 Å². The summed E-state index contributed by atoms with van der Waals surface area (Å²) in [5.41, 5.74) is 1.22. The highest BCUT2D eigenvalue weighted by Crippen LogP contribution is 2.24. The molecule has 0 aliphatic heterocycles. The highest BCUT2D eigenvalue weighted by Gasteiger charge is 2.07. The summed E-state index contributed by atoms with van der Waals surface area (Å²) in [7, 11) is 1.93. The Morgan fingerprint density at radius 2 is 2.20 bits per heavy atom. The first-order valence-corrected chi connectivity index (χ1v) is 4.91. The van der Waals surface area contributed by atoms with Gasteiger partial charge in [0, 0.05) is 12.6 Å². The topological polar surface area (TPSA) is 17.8 Å². The number of aromatic nitrogens is 2. The quantitative estimate of drug-likeness (QED) is 0.676. The maximum atomic E-state index is 4.26. The number of hydrogen-bond acceptors (Lipinski definition) is 2. The Kier molecular flexibility index (Phi) is 2.41. The molecule has 0 bridgehead atoms. The van der Waals surface area contributed by atoms with Gasteiger partial charge >= 0.3 is 0 Å². The minimum Gasteiger partial charge on any atom is -0.260 e. The summed E-state index contributed by atoms with van der Waals surface area (Å²) in [4.78, 5) is 0. The predicted octanol–water partition coefficient (Wildman–Crippen LogP) is 2.21. The molecule has 4 heteroatoms. The first kappa shape index (κ1) is 8.14. The van der Waals surface area contributed by atoms with Crippen LogP contribution in [0.4, 0.5) is 0 Å². The smallest absolute Gasteiger partial charge is 0.122 e. The van der Waals surface area contributed by atoms with Gasteiger partial charge in [-0.05, 0) is 29.1 Å². The van der Waals surface area contributed by atoms with Crippen molar-refractivity contribution in [3.8, 4) is 0 Å². The van der Waals surface area contributed by atoms with Gasteiger partial charge in [0.25, 0.3) is 0 Å². The lowest BCUT2D eigenvalue weighted by molar-refractivity contribution is 0.724. The molecule has 0 saturated heterocycles. The Bertz CT molecular complexity index is 244. The summed E-state index contributed by atoms with van der Waals surface area (Å²) in [5.74, 6) is 0. The molecule has 0 aliphatic rings. The molecule has 2 nitrogen and oxygen atoms in total. The van der Waals surface area contributed by atoms with Crippen LogP contribution in [0.3, 0.4) is 0 Å². The molecule has 0 fully saturated rings. The van der Waals surface area contributed by atoms with Crippen LogP contribution in [0.25, 0.3) is 0 Å². The lowest BCUT2D eigenvalue weighted by atomic mass is 10.4. The SMILES string of the molecule is CSc1nn(C)c(Br)c1C. The predicted molar refractivity (Wildman–Crippen MR) is 47.4 cm³/mol. The van der Waals surface area contributed by atoms with Crippen molar-refractivity contribution in [1.29, 1.82) is 0 Å². The second kappa shape index (κ2) is 2.96. The lowest BCUT2D eigenvalue weighted by Crippen LogP contribution is -1.88. The van der Waals surface area contributed by atoms with Crippen LogP contribution < -0.4 is 0 Å². The molecule has 0 radical (unpaired) electrons. The second-order valence-electron chi connectivity index (χ2n) is 2.05. The summed E-state index contributed by atoms with van der Waals surface area (Å²) < 4.78 is 2.90. The molecule has 1 aromatic rings. The first-order valence-electron chi connectivity index (χ1n) is 2.90. The van der Waals surface area contributed by atoms with E-state index < -0.39 is 0 Å². The minimum absolute atomic E-state index is 1.07. The van der Waals surface area contributed by atoms with Gasteiger partial charge in [-0.2, -0.15) is 5.10 Å². The van der Waals surface area contributed by atoms with Crippen LogP contribution in [-0.2, 0) is 7.05 Å². The van der Waals surface area contributed by atoms with Crippen LogP contribution in [0.5, 0.6) is 0 Å². The molecule has 0 aromatic carbocycles. The minimum atomic E-state index is 1.07. The monoisotopic (exact) mass is 220 g/mol. The van der Waals surface area contributed by atoms with Crippen LogP contribution in [0.15, 0.2) is 9.63 Å². The van der Waals surface area contributed by atoms with Crippen molar-refractivity contribution in [2.75, 3.05) is 6.26 Å². The van der Waals surface area contributed by atoms with Crippen LogP contribution in [0.1, 0.15) is 5.56 Å². The zero-order chi connectivity index (χ0) is 7.72. The zero-order valence-electron chi connectivity index (χ0n) is 6.18. The van der Waals surface area contributed by atoms with Crippen molar-refractivity contribution in [3.63, 3.8) is 0 Å². The van der Waals surface area contributed by atoms with E-state index in [-0.39, 0.29) is 0 Å². The number of nitrogens with zero attached hydrogens (tertiary/aromatic N) is 2. The van der Waals surface area contributed by atoms with Crippen LogP contribution in [-0.4, -0.2) is 16.0 Å². The normalized spacial score (nSPS) is 10.4. The Hall–Kier alpha value is 0.0400. The Morgan fingerprint density at radius 3 is 2.40 bits per heavy atom. The van der Waals surface area contributed by atoms with E-state index in [0.29, 0.717) is 0 Å². The van der Waals surface area contributed by atoms with Crippen molar-refractivity contribution in [2.24, 2.45) is 7.05 Å². The molecule has 0 unspecified atom stereocenters. The average molecular weight is 221 g/mol. The van der Waals surface area contributed by atoms with E-state index in [1.54, 1.807) is 11.8 Å². The van der Waals surface area contributed by atoms with Crippen molar-refractivity contribution < 1.29 is 0 Å². The van der Waals surface area contributed by atoms with E-state index in [1.807, 2.05) is 18.0 Å². The van der Waals surface area contributed by atoms with Crippen LogP contribution >= 0.6 is 27.7 Å². The third kappa shape index (κ3) is 1.22. The highest BCUT2D eigenvalue weighted by molar-refractivity contribution is 9.10. The van der Waals surface area contributed by atoms with E-state index >= 15 is 0 Å². The lowest BCUT2D eigenvalue weighted by Gasteiger charge is -1.88. The Morgan fingerprint density at radius 1 is 1.60 bits per heavy atom. The van der Waals surface area contributed by atoms with Gasteiger partial charge in [-0.3, -0.25) is 4.68 Å². The maximum absolute atomic E-state index is 4.26. The van der Waals surface area contributed by atoms with E-state index in [9.17, 15) is 0 Å². The van der Waals surface area contributed by atoms with E-state index in [1.165, 1.54) is 5.56 Å². The van der Waals surface area contributed by atoms with E-state index in [4.69, 9.17) is 0 Å². The fraction of sp³-hybridized carbons (Fsp3) is 0.500. The van der Waals surface area contributed by atoms with Gasteiger partial charge in [0.15, 0.2) is 0 Å². The number of thioether (sulfide) groups is 1. The highest BCUT2D eigenvalue weighted by atomic mass is 79.9.